The Morgan fingerprint density at radius 2 is 2.14 bits per heavy atom. The first-order valence-electron chi connectivity index (χ1n) is 8.72. The molecule has 3 aliphatic rings. The van der Waals surface area contributed by atoms with Crippen LogP contribution >= 0.6 is 0 Å². The fourth-order valence-corrected chi connectivity index (χ4v) is 4.49. The lowest BCUT2D eigenvalue weighted by atomic mass is 9.91. The number of aromatic nitrogens is 2. The molecule has 4 rings (SSSR count). The van der Waals surface area contributed by atoms with Crippen LogP contribution in [0, 0.1) is 5.92 Å². The molecule has 2 saturated carbocycles. The van der Waals surface area contributed by atoms with Gasteiger partial charge in [0.05, 0.1) is 0 Å². The lowest BCUT2D eigenvalue weighted by Gasteiger charge is -2.47. The van der Waals surface area contributed by atoms with Gasteiger partial charge in [-0.1, -0.05) is 12.8 Å². The third kappa shape index (κ3) is 2.76. The van der Waals surface area contributed by atoms with Crippen LogP contribution in [0.4, 0.5) is 0 Å². The van der Waals surface area contributed by atoms with Gasteiger partial charge in [0.1, 0.15) is 0 Å². The molecule has 21 heavy (non-hydrogen) atoms. The minimum Gasteiger partial charge on any atom is -0.308 e. The van der Waals surface area contributed by atoms with Crippen molar-refractivity contribution in [2.75, 3.05) is 19.6 Å². The Kier molecular flexibility index (Phi) is 3.54. The van der Waals surface area contributed by atoms with Crippen molar-refractivity contribution in [1.82, 2.24) is 20.0 Å². The molecule has 1 aromatic rings. The molecule has 3 fully saturated rings. The van der Waals surface area contributed by atoms with Crippen LogP contribution in [0.3, 0.4) is 0 Å². The number of nitrogens with one attached hydrogen (secondary N) is 1. The van der Waals surface area contributed by atoms with Gasteiger partial charge in [0.15, 0.2) is 0 Å². The van der Waals surface area contributed by atoms with Crippen molar-refractivity contribution in [2.45, 2.75) is 56.5 Å². The molecule has 1 atom stereocenters. The Hall–Kier alpha value is -0.870. The third-order valence-corrected chi connectivity index (χ3v) is 5.97. The highest BCUT2D eigenvalue weighted by Crippen LogP contribution is 2.40. The monoisotopic (exact) mass is 288 g/mol. The van der Waals surface area contributed by atoms with Crippen LogP contribution in [-0.4, -0.2) is 45.9 Å². The SMILES string of the molecule is Cn1nccc1CCN1CC2(CCCC2)NCC1C1CC1. The second kappa shape index (κ2) is 5.40. The maximum absolute atomic E-state index is 4.30. The highest BCUT2D eigenvalue weighted by Gasteiger charge is 2.45. The van der Waals surface area contributed by atoms with Gasteiger partial charge in [0, 0.05) is 56.6 Å². The molecule has 0 bridgehead atoms. The maximum Gasteiger partial charge on any atom is 0.0492 e. The number of aryl methyl sites for hydroxylation is 1. The van der Waals surface area contributed by atoms with Crippen molar-refractivity contribution in [3.05, 3.63) is 18.0 Å². The number of hydrogen-bond acceptors (Lipinski definition) is 3. The molecular weight excluding hydrogens is 260 g/mol. The number of nitrogens with zero attached hydrogens (tertiary/aromatic N) is 3. The lowest BCUT2D eigenvalue weighted by Crippen LogP contribution is -2.64. The summed E-state index contributed by atoms with van der Waals surface area (Å²) in [6.45, 7) is 3.69. The number of piperazine rings is 1. The number of hydrogen-bond donors (Lipinski definition) is 1. The van der Waals surface area contributed by atoms with Gasteiger partial charge in [0.2, 0.25) is 0 Å². The van der Waals surface area contributed by atoms with Gasteiger partial charge in [0.25, 0.3) is 0 Å². The van der Waals surface area contributed by atoms with E-state index in [1.165, 1.54) is 63.9 Å². The van der Waals surface area contributed by atoms with E-state index in [2.05, 4.69) is 28.4 Å². The van der Waals surface area contributed by atoms with E-state index < -0.39 is 0 Å². The van der Waals surface area contributed by atoms with Crippen molar-refractivity contribution in [3.8, 4) is 0 Å². The lowest BCUT2D eigenvalue weighted by molar-refractivity contribution is 0.0698. The Bertz CT molecular complexity index is 485. The highest BCUT2D eigenvalue weighted by atomic mass is 15.3. The van der Waals surface area contributed by atoms with Gasteiger partial charge in [-0.25, -0.2) is 0 Å². The molecular formula is C17H28N4. The van der Waals surface area contributed by atoms with Crippen LogP contribution in [0.2, 0.25) is 0 Å². The fraction of sp³-hybridized carbons (Fsp3) is 0.824. The summed E-state index contributed by atoms with van der Waals surface area (Å²) in [6.07, 6.45) is 11.5. The zero-order chi connectivity index (χ0) is 14.3. The van der Waals surface area contributed by atoms with Gasteiger partial charge >= 0.3 is 0 Å². The van der Waals surface area contributed by atoms with E-state index in [1.54, 1.807) is 0 Å². The first-order chi connectivity index (χ1) is 10.3. The molecule has 1 N–H and O–H groups in total. The van der Waals surface area contributed by atoms with Crippen LogP contribution in [0.25, 0.3) is 0 Å². The largest absolute Gasteiger partial charge is 0.308 e. The van der Waals surface area contributed by atoms with Crippen LogP contribution in [0.1, 0.15) is 44.2 Å². The predicted octanol–water partition coefficient (Wildman–Crippen LogP) is 1.96. The van der Waals surface area contributed by atoms with E-state index >= 15 is 0 Å². The quantitative estimate of drug-likeness (QED) is 0.919. The second-order valence-electron chi connectivity index (χ2n) is 7.44. The summed E-state index contributed by atoms with van der Waals surface area (Å²) < 4.78 is 2.03. The molecule has 2 aliphatic carbocycles. The minimum absolute atomic E-state index is 0.442. The van der Waals surface area contributed by atoms with E-state index in [1.807, 2.05) is 10.9 Å². The second-order valence-corrected chi connectivity index (χ2v) is 7.44. The first-order valence-corrected chi connectivity index (χ1v) is 8.72. The van der Waals surface area contributed by atoms with E-state index in [-0.39, 0.29) is 0 Å². The summed E-state index contributed by atoms with van der Waals surface area (Å²) in [6, 6.07) is 2.95. The Labute approximate surface area is 127 Å². The zero-order valence-corrected chi connectivity index (χ0v) is 13.2. The van der Waals surface area contributed by atoms with E-state index in [9.17, 15) is 0 Å². The van der Waals surface area contributed by atoms with Gasteiger partial charge < -0.3 is 5.32 Å². The fourth-order valence-electron chi connectivity index (χ4n) is 4.49. The Morgan fingerprint density at radius 3 is 2.81 bits per heavy atom. The molecule has 1 aliphatic heterocycles. The molecule has 0 amide bonds. The molecule has 116 valence electrons. The molecule has 4 nitrogen and oxygen atoms in total. The van der Waals surface area contributed by atoms with Crippen molar-refractivity contribution in [3.63, 3.8) is 0 Å². The van der Waals surface area contributed by atoms with E-state index in [0.717, 1.165) is 18.4 Å². The van der Waals surface area contributed by atoms with Crippen molar-refractivity contribution in [1.29, 1.82) is 0 Å². The molecule has 1 unspecified atom stereocenters. The van der Waals surface area contributed by atoms with Gasteiger partial charge in [-0.05, 0) is 37.7 Å². The molecule has 1 aromatic heterocycles. The summed E-state index contributed by atoms with van der Waals surface area (Å²) >= 11 is 0. The predicted molar refractivity (Wildman–Crippen MR) is 84.2 cm³/mol. The van der Waals surface area contributed by atoms with E-state index in [0.29, 0.717) is 5.54 Å². The van der Waals surface area contributed by atoms with Crippen LogP contribution < -0.4 is 5.32 Å². The standard InChI is InChI=1S/C17H28N4/c1-20-15(6-10-19-20)7-11-21-13-17(8-2-3-9-17)18-12-16(21)14-4-5-14/h6,10,14,16,18H,2-5,7-9,11-13H2,1H3. The Morgan fingerprint density at radius 1 is 1.33 bits per heavy atom. The molecule has 2 heterocycles. The Balaban J connectivity index is 1.44. The van der Waals surface area contributed by atoms with Gasteiger partial charge in [-0.3, -0.25) is 9.58 Å². The summed E-state index contributed by atoms with van der Waals surface area (Å²) in [4.78, 5) is 2.81. The summed E-state index contributed by atoms with van der Waals surface area (Å²) in [7, 11) is 2.06. The normalized spacial score (nSPS) is 29.3. The first kappa shape index (κ1) is 13.8. The minimum atomic E-state index is 0.442. The van der Waals surface area contributed by atoms with E-state index in [4.69, 9.17) is 0 Å². The molecule has 0 radical (unpaired) electrons. The molecule has 4 heteroatoms. The average molecular weight is 288 g/mol. The van der Waals surface area contributed by atoms with Crippen LogP contribution in [-0.2, 0) is 13.5 Å². The zero-order valence-electron chi connectivity index (χ0n) is 13.2. The van der Waals surface area contributed by atoms with Crippen LogP contribution in [0.15, 0.2) is 12.3 Å². The maximum atomic E-state index is 4.30. The highest BCUT2D eigenvalue weighted by molar-refractivity contribution is 5.06. The summed E-state index contributed by atoms with van der Waals surface area (Å²) in [5.74, 6) is 0.961. The van der Waals surface area contributed by atoms with Crippen LogP contribution in [0.5, 0.6) is 0 Å². The molecule has 1 spiro atoms. The average Bonchev–Trinajstić information content (AvgIpc) is 3.10. The molecule has 0 aromatic carbocycles. The third-order valence-electron chi connectivity index (χ3n) is 5.97. The van der Waals surface area contributed by atoms with Gasteiger partial charge in [-0.2, -0.15) is 5.10 Å². The summed E-state index contributed by atoms with van der Waals surface area (Å²) in [5.41, 5.74) is 1.81. The topological polar surface area (TPSA) is 33.1 Å². The summed E-state index contributed by atoms with van der Waals surface area (Å²) in [5, 5.41) is 8.24. The smallest absolute Gasteiger partial charge is 0.0492 e. The van der Waals surface area contributed by atoms with Crippen molar-refractivity contribution in [2.24, 2.45) is 13.0 Å². The van der Waals surface area contributed by atoms with Crippen molar-refractivity contribution >= 4 is 0 Å². The molecule has 1 saturated heterocycles. The van der Waals surface area contributed by atoms with Gasteiger partial charge in [-0.15, -0.1) is 0 Å². The van der Waals surface area contributed by atoms with Crippen molar-refractivity contribution < 1.29 is 0 Å². The number of rotatable bonds is 4.